The highest BCUT2D eigenvalue weighted by Gasteiger charge is 2.54. The Morgan fingerprint density at radius 2 is 0.795 bits per heavy atom. The largest absolute Gasteiger partial charge is 0.495 e. The first kappa shape index (κ1) is 38.0. The van der Waals surface area contributed by atoms with Gasteiger partial charge in [0, 0.05) is 13.2 Å². The predicted octanol–water partition coefficient (Wildman–Crippen LogP) is 7.41. The molecule has 0 bridgehead atoms. The minimum atomic E-state index is -1.92. The molecule has 0 saturated carbocycles. The van der Waals surface area contributed by atoms with Crippen LogP contribution in [0.1, 0.15) is 108 Å². The van der Waals surface area contributed by atoms with Crippen LogP contribution in [0.4, 0.5) is 0 Å². The van der Waals surface area contributed by atoms with E-state index in [1.807, 2.05) is 0 Å². The van der Waals surface area contributed by atoms with Crippen molar-refractivity contribution in [1.82, 2.24) is 0 Å². The van der Waals surface area contributed by atoms with Crippen LogP contribution < -0.4 is 10.9 Å². The molecule has 1 aromatic carbocycles. The lowest BCUT2D eigenvalue weighted by Crippen LogP contribution is -2.45. The fraction of sp³-hybridized carbons (Fsp3) is 0.824. The molecular weight excluding hydrogens is 582 g/mol. The van der Waals surface area contributed by atoms with Crippen molar-refractivity contribution in [3.05, 3.63) is 23.3 Å². The summed E-state index contributed by atoms with van der Waals surface area (Å²) >= 11 is 0. The molecule has 0 unspecified atom stereocenters. The second-order valence-electron chi connectivity index (χ2n) is 18.1. The van der Waals surface area contributed by atoms with E-state index in [9.17, 15) is 0 Å². The van der Waals surface area contributed by atoms with E-state index in [4.69, 9.17) is 27.5 Å². The maximum Gasteiger partial charge on any atom is 0.495 e. The number of benzene rings is 1. The first-order valence-corrected chi connectivity index (χ1v) is 22.5. The molecule has 3 rings (SSSR count). The minimum Gasteiger partial charge on any atom is -0.416 e. The molecule has 10 heteroatoms. The van der Waals surface area contributed by atoms with Gasteiger partial charge in [-0.3, -0.25) is 0 Å². The quantitative estimate of drug-likeness (QED) is 0.247. The fourth-order valence-electron chi connectivity index (χ4n) is 4.80. The van der Waals surface area contributed by atoms with Crippen molar-refractivity contribution in [2.24, 2.45) is 0 Å². The van der Waals surface area contributed by atoms with Crippen LogP contribution in [0, 0.1) is 0 Å². The standard InChI is InChI=1S/C34H64B2O6Si2/c1-29(2,3)43(15,16)37-21-19-25-23-28(36-41-33(11,12)34(13,14)42-36)26(20-22-38-44(17,18)30(4,5)6)24-27(25)35-39-31(7,8)32(9,10)40-35/h23-24H,19-22H2,1-18H3. The lowest BCUT2D eigenvalue weighted by Gasteiger charge is -2.36. The molecule has 1 aromatic rings. The molecule has 6 nitrogen and oxygen atoms in total. The molecule has 0 spiro atoms. The lowest BCUT2D eigenvalue weighted by atomic mass is 9.68. The van der Waals surface area contributed by atoms with Crippen molar-refractivity contribution in [3.8, 4) is 0 Å². The molecule has 2 fully saturated rings. The third-order valence-electron chi connectivity index (χ3n) is 11.7. The van der Waals surface area contributed by atoms with Gasteiger partial charge in [0.1, 0.15) is 0 Å². The molecule has 250 valence electrons. The van der Waals surface area contributed by atoms with Crippen LogP contribution in [0.2, 0.25) is 36.3 Å². The average molecular weight is 647 g/mol. The molecule has 2 aliphatic heterocycles. The van der Waals surface area contributed by atoms with Gasteiger partial charge in [-0.15, -0.1) is 0 Å². The summed E-state index contributed by atoms with van der Waals surface area (Å²) in [7, 11) is -4.79. The van der Waals surface area contributed by atoms with Crippen molar-refractivity contribution in [1.29, 1.82) is 0 Å². The number of hydrogen-bond donors (Lipinski definition) is 0. The van der Waals surface area contributed by atoms with Crippen LogP contribution in [-0.4, -0.2) is 66.5 Å². The van der Waals surface area contributed by atoms with E-state index in [0.29, 0.717) is 13.2 Å². The van der Waals surface area contributed by atoms with Gasteiger partial charge in [-0.25, -0.2) is 0 Å². The molecule has 0 atom stereocenters. The van der Waals surface area contributed by atoms with Gasteiger partial charge in [0.05, 0.1) is 22.4 Å². The van der Waals surface area contributed by atoms with Crippen LogP contribution >= 0.6 is 0 Å². The van der Waals surface area contributed by atoms with Crippen LogP contribution in [0.3, 0.4) is 0 Å². The zero-order chi connectivity index (χ0) is 33.9. The topological polar surface area (TPSA) is 55.4 Å². The Labute approximate surface area is 273 Å². The molecule has 44 heavy (non-hydrogen) atoms. The minimum absolute atomic E-state index is 0.142. The average Bonchev–Trinajstić information content (AvgIpc) is 3.16. The summed E-state index contributed by atoms with van der Waals surface area (Å²) in [5.41, 5.74) is 2.66. The Balaban J connectivity index is 2.09. The first-order valence-electron chi connectivity index (χ1n) is 16.7. The summed E-state index contributed by atoms with van der Waals surface area (Å²) in [6.45, 7) is 41.1. The molecule has 2 saturated heterocycles. The van der Waals surface area contributed by atoms with Crippen LogP contribution in [0.15, 0.2) is 12.1 Å². The maximum atomic E-state index is 6.67. The summed E-state index contributed by atoms with van der Waals surface area (Å²) in [5, 5.41) is 0.285. The second-order valence-corrected chi connectivity index (χ2v) is 27.8. The highest BCUT2D eigenvalue weighted by atomic mass is 28.4. The van der Waals surface area contributed by atoms with Gasteiger partial charge in [0.15, 0.2) is 16.6 Å². The fourth-order valence-corrected chi connectivity index (χ4v) is 6.90. The van der Waals surface area contributed by atoms with E-state index in [1.165, 1.54) is 0 Å². The number of rotatable bonds is 10. The van der Waals surface area contributed by atoms with Gasteiger partial charge >= 0.3 is 14.2 Å². The zero-order valence-corrected chi connectivity index (χ0v) is 33.6. The lowest BCUT2D eigenvalue weighted by molar-refractivity contribution is 0.00578. The van der Waals surface area contributed by atoms with Crippen molar-refractivity contribution in [2.75, 3.05) is 13.2 Å². The van der Waals surface area contributed by atoms with Crippen LogP contribution in [0.5, 0.6) is 0 Å². The normalized spacial score (nSPS) is 21.8. The number of hydrogen-bond acceptors (Lipinski definition) is 6. The smallest absolute Gasteiger partial charge is 0.416 e. The van der Waals surface area contributed by atoms with Gasteiger partial charge in [-0.2, -0.15) is 0 Å². The highest BCUT2D eigenvalue weighted by Crippen LogP contribution is 2.40. The summed E-state index contributed by atoms with van der Waals surface area (Å²) < 4.78 is 39.9. The van der Waals surface area contributed by atoms with Gasteiger partial charge < -0.3 is 27.5 Å². The van der Waals surface area contributed by atoms with E-state index in [0.717, 1.165) is 34.9 Å². The monoisotopic (exact) mass is 646 g/mol. The molecule has 0 aliphatic carbocycles. The van der Waals surface area contributed by atoms with Gasteiger partial charge in [-0.05, 0) is 127 Å². The van der Waals surface area contributed by atoms with E-state index < -0.39 is 53.3 Å². The van der Waals surface area contributed by atoms with Crippen LogP contribution in [-0.2, 0) is 40.3 Å². The molecule has 0 radical (unpaired) electrons. The summed E-state index contributed by atoms with van der Waals surface area (Å²) in [4.78, 5) is 0. The second kappa shape index (κ2) is 12.2. The summed E-state index contributed by atoms with van der Waals surface area (Å²) in [5.74, 6) is 0. The Hall–Kier alpha value is -0.456. The molecule has 0 aromatic heterocycles. The maximum absolute atomic E-state index is 6.67. The Kier molecular flexibility index (Phi) is 10.5. The van der Waals surface area contributed by atoms with Crippen molar-refractivity contribution < 1.29 is 27.5 Å². The van der Waals surface area contributed by atoms with Crippen molar-refractivity contribution in [3.63, 3.8) is 0 Å². The molecule has 0 N–H and O–H groups in total. The Morgan fingerprint density at radius 3 is 1.02 bits per heavy atom. The van der Waals surface area contributed by atoms with E-state index in [1.54, 1.807) is 0 Å². The van der Waals surface area contributed by atoms with E-state index in [-0.39, 0.29) is 10.1 Å². The van der Waals surface area contributed by atoms with Gasteiger partial charge in [0.2, 0.25) is 0 Å². The predicted molar refractivity (Wildman–Crippen MR) is 192 cm³/mol. The third-order valence-corrected chi connectivity index (χ3v) is 20.8. The van der Waals surface area contributed by atoms with Crippen molar-refractivity contribution >= 4 is 41.8 Å². The van der Waals surface area contributed by atoms with E-state index in [2.05, 4.69) is 135 Å². The molecule has 0 amide bonds. The first-order chi connectivity index (χ1) is 19.5. The highest BCUT2D eigenvalue weighted by molar-refractivity contribution is 6.74. The SMILES string of the molecule is CC1(C)OB(c2cc(CCO[Si](C)(C)C(C)(C)C)c(B3OC(C)(C)C(C)(C)O3)cc2CCO[Si](C)(C)C(C)(C)C)OC1(C)C. The zero-order valence-electron chi connectivity index (χ0n) is 31.6. The molecule has 2 heterocycles. The third kappa shape index (κ3) is 7.80. The Morgan fingerprint density at radius 1 is 0.545 bits per heavy atom. The van der Waals surface area contributed by atoms with Crippen molar-refractivity contribution in [2.45, 2.75) is 168 Å². The van der Waals surface area contributed by atoms with Gasteiger partial charge in [-0.1, -0.05) is 53.7 Å². The summed E-state index contributed by atoms with van der Waals surface area (Å²) in [6.07, 6.45) is 1.50. The molecular formula is C34H64B2O6Si2. The van der Waals surface area contributed by atoms with Gasteiger partial charge in [0.25, 0.3) is 0 Å². The Bertz CT molecular complexity index is 1060. The van der Waals surface area contributed by atoms with Crippen LogP contribution in [0.25, 0.3) is 0 Å². The molecule has 2 aliphatic rings. The van der Waals surface area contributed by atoms with E-state index >= 15 is 0 Å². The summed E-state index contributed by atoms with van der Waals surface area (Å²) in [6, 6.07) is 4.55.